The molecular formula is C25H25ClN2O5S2. The number of esters is 1. The van der Waals surface area contributed by atoms with Crippen LogP contribution in [0.1, 0.15) is 55.1 Å². The number of amides is 1. The van der Waals surface area contributed by atoms with Crippen LogP contribution < -0.4 is 10.0 Å². The molecule has 3 aromatic rings. The second-order valence-electron chi connectivity index (χ2n) is 8.43. The Morgan fingerprint density at radius 2 is 1.80 bits per heavy atom. The molecule has 0 fully saturated rings. The van der Waals surface area contributed by atoms with Crippen LogP contribution >= 0.6 is 22.9 Å². The van der Waals surface area contributed by atoms with Crippen molar-refractivity contribution < 1.29 is 22.7 Å². The molecule has 1 aliphatic rings. The fourth-order valence-corrected chi connectivity index (χ4v) is 7.06. The number of methoxy groups -OCH3 is 1. The smallest absolute Gasteiger partial charge is 0.341 e. The third-order valence-corrected chi connectivity index (χ3v) is 8.95. The number of anilines is 2. The van der Waals surface area contributed by atoms with Gasteiger partial charge in [-0.1, -0.05) is 29.3 Å². The van der Waals surface area contributed by atoms with Gasteiger partial charge in [0.15, 0.2) is 0 Å². The number of carbonyl (C=O) groups is 2. The van der Waals surface area contributed by atoms with Gasteiger partial charge in [0.1, 0.15) is 9.90 Å². The van der Waals surface area contributed by atoms with E-state index in [1.165, 1.54) is 36.6 Å². The van der Waals surface area contributed by atoms with Crippen LogP contribution in [-0.2, 0) is 27.6 Å². The Bertz CT molecular complexity index is 1430. The summed E-state index contributed by atoms with van der Waals surface area (Å²) in [4.78, 5) is 26.4. The SMILES string of the molecule is COC(=O)c1c(NC(=O)c2ccc(Cl)c(S(=O)(=O)Nc3ccc(C)cc3C)c2)sc2c1CCCC2. The molecule has 1 aromatic heterocycles. The molecule has 184 valence electrons. The molecule has 35 heavy (non-hydrogen) atoms. The molecule has 0 saturated carbocycles. The van der Waals surface area contributed by atoms with Crippen molar-refractivity contribution in [2.45, 2.75) is 44.4 Å². The lowest BCUT2D eigenvalue weighted by Crippen LogP contribution is -2.18. The highest BCUT2D eigenvalue weighted by Crippen LogP contribution is 2.39. The fraction of sp³-hybridized carbons (Fsp3) is 0.280. The summed E-state index contributed by atoms with van der Waals surface area (Å²) < 4.78 is 33.7. The Labute approximate surface area is 213 Å². The zero-order valence-corrected chi connectivity index (χ0v) is 21.9. The molecule has 1 heterocycles. The topological polar surface area (TPSA) is 102 Å². The molecule has 0 radical (unpaired) electrons. The first-order valence-corrected chi connectivity index (χ1v) is 13.7. The number of fused-ring (bicyclic) bond motifs is 1. The standard InChI is InChI=1S/C25H25ClN2O5S2/c1-14-8-11-19(15(2)12-14)28-35(31,32)21-13-16(9-10-18(21)26)23(29)27-24-22(25(30)33-3)17-6-4-5-7-20(17)34-24/h8-13,28H,4-7H2,1-3H3,(H,27,29). The summed E-state index contributed by atoms with van der Waals surface area (Å²) in [5, 5.41) is 3.17. The van der Waals surface area contributed by atoms with Crippen molar-refractivity contribution in [1.82, 2.24) is 0 Å². The maximum absolute atomic E-state index is 13.1. The van der Waals surface area contributed by atoms with E-state index in [0.717, 1.165) is 47.3 Å². The molecule has 1 aliphatic carbocycles. The molecule has 0 atom stereocenters. The number of hydrogen-bond donors (Lipinski definition) is 2. The summed E-state index contributed by atoms with van der Waals surface area (Å²) in [6, 6.07) is 9.39. The van der Waals surface area contributed by atoms with Gasteiger partial charge in [-0.15, -0.1) is 11.3 Å². The average molecular weight is 533 g/mol. The molecule has 2 N–H and O–H groups in total. The number of benzene rings is 2. The van der Waals surface area contributed by atoms with Crippen molar-refractivity contribution in [3.63, 3.8) is 0 Å². The van der Waals surface area contributed by atoms with Gasteiger partial charge in [0.25, 0.3) is 15.9 Å². The second kappa shape index (κ2) is 10.0. The summed E-state index contributed by atoms with van der Waals surface area (Å²) in [6.45, 7) is 3.72. The Balaban J connectivity index is 1.64. The van der Waals surface area contributed by atoms with E-state index >= 15 is 0 Å². The molecule has 0 bridgehead atoms. The molecule has 4 rings (SSSR count). The van der Waals surface area contributed by atoms with E-state index in [4.69, 9.17) is 16.3 Å². The summed E-state index contributed by atoms with van der Waals surface area (Å²) >= 11 is 7.58. The average Bonchev–Trinajstić information content (AvgIpc) is 3.18. The number of carbonyl (C=O) groups excluding carboxylic acids is 2. The normalized spacial score (nSPS) is 13.1. The summed E-state index contributed by atoms with van der Waals surface area (Å²) in [5.74, 6) is -1.05. The zero-order valence-electron chi connectivity index (χ0n) is 19.5. The summed E-state index contributed by atoms with van der Waals surface area (Å²) in [5.41, 5.74) is 3.57. The number of rotatable bonds is 6. The molecule has 1 amide bonds. The minimum atomic E-state index is -4.07. The quantitative estimate of drug-likeness (QED) is 0.394. The van der Waals surface area contributed by atoms with E-state index in [2.05, 4.69) is 10.0 Å². The number of thiophene rings is 1. The van der Waals surface area contributed by atoms with Crippen LogP contribution in [-0.4, -0.2) is 27.4 Å². The van der Waals surface area contributed by atoms with Gasteiger partial charge >= 0.3 is 5.97 Å². The molecule has 0 unspecified atom stereocenters. The number of halogens is 1. The first kappa shape index (κ1) is 25.2. The van der Waals surface area contributed by atoms with Crippen LogP contribution in [0.25, 0.3) is 0 Å². The Morgan fingerprint density at radius 3 is 2.51 bits per heavy atom. The van der Waals surface area contributed by atoms with Gasteiger partial charge in [0, 0.05) is 10.4 Å². The predicted molar refractivity (Wildman–Crippen MR) is 138 cm³/mol. The first-order valence-electron chi connectivity index (χ1n) is 11.0. The fourth-order valence-electron chi connectivity index (χ4n) is 4.13. The zero-order chi connectivity index (χ0) is 25.3. The summed E-state index contributed by atoms with van der Waals surface area (Å²) in [7, 11) is -2.76. The maximum Gasteiger partial charge on any atom is 0.341 e. The van der Waals surface area contributed by atoms with Crippen LogP contribution in [0.3, 0.4) is 0 Å². The van der Waals surface area contributed by atoms with Crippen LogP contribution in [0.2, 0.25) is 5.02 Å². The number of hydrogen-bond acceptors (Lipinski definition) is 6. The summed E-state index contributed by atoms with van der Waals surface area (Å²) in [6.07, 6.45) is 3.58. The van der Waals surface area contributed by atoms with E-state index in [0.29, 0.717) is 16.3 Å². The molecule has 0 aliphatic heterocycles. The lowest BCUT2D eigenvalue weighted by Gasteiger charge is -2.13. The van der Waals surface area contributed by atoms with Crippen molar-refractivity contribution in [2.75, 3.05) is 17.1 Å². The highest BCUT2D eigenvalue weighted by Gasteiger charge is 2.28. The van der Waals surface area contributed by atoms with Gasteiger partial charge < -0.3 is 10.1 Å². The number of ether oxygens (including phenoxy) is 1. The number of aryl methyl sites for hydroxylation is 3. The van der Waals surface area contributed by atoms with Crippen LogP contribution in [0.5, 0.6) is 0 Å². The van der Waals surface area contributed by atoms with Crippen molar-refractivity contribution in [3.05, 3.63) is 74.1 Å². The minimum absolute atomic E-state index is 0.0133. The van der Waals surface area contributed by atoms with Gasteiger partial charge in [-0.05, 0) is 74.9 Å². The van der Waals surface area contributed by atoms with E-state index in [9.17, 15) is 18.0 Å². The van der Waals surface area contributed by atoms with E-state index in [1.807, 2.05) is 13.0 Å². The number of nitrogens with one attached hydrogen (secondary N) is 2. The van der Waals surface area contributed by atoms with Gasteiger partial charge in [-0.25, -0.2) is 13.2 Å². The van der Waals surface area contributed by atoms with Crippen molar-refractivity contribution >= 4 is 55.5 Å². The highest BCUT2D eigenvalue weighted by molar-refractivity contribution is 7.92. The van der Waals surface area contributed by atoms with Crippen LogP contribution in [0.15, 0.2) is 41.3 Å². The maximum atomic E-state index is 13.1. The van der Waals surface area contributed by atoms with E-state index in [1.54, 1.807) is 19.1 Å². The minimum Gasteiger partial charge on any atom is -0.465 e. The predicted octanol–water partition coefficient (Wildman–Crippen LogP) is 5.74. The molecule has 7 nitrogen and oxygen atoms in total. The Hall–Kier alpha value is -2.88. The van der Waals surface area contributed by atoms with Gasteiger partial charge in [0.2, 0.25) is 0 Å². The monoisotopic (exact) mass is 532 g/mol. The third-order valence-electron chi connectivity index (χ3n) is 5.90. The van der Waals surface area contributed by atoms with Crippen molar-refractivity contribution in [1.29, 1.82) is 0 Å². The van der Waals surface area contributed by atoms with E-state index < -0.39 is 21.9 Å². The third kappa shape index (κ3) is 5.22. The van der Waals surface area contributed by atoms with Crippen LogP contribution in [0, 0.1) is 13.8 Å². The highest BCUT2D eigenvalue weighted by atomic mass is 35.5. The Kier molecular flexibility index (Phi) is 7.21. The molecule has 0 saturated heterocycles. The van der Waals surface area contributed by atoms with Gasteiger partial charge in [0.05, 0.1) is 23.4 Å². The first-order chi connectivity index (χ1) is 16.6. The number of sulfonamides is 1. The van der Waals surface area contributed by atoms with Crippen LogP contribution in [0.4, 0.5) is 10.7 Å². The second-order valence-corrected chi connectivity index (χ2v) is 11.6. The van der Waals surface area contributed by atoms with Gasteiger partial charge in [-0.2, -0.15) is 0 Å². The Morgan fingerprint density at radius 1 is 1.06 bits per heavy atom. The van der Waals surface area contributed by atoms with Gasteiger partial charge in [-0.3, -0.25) is 9.52 Å². The lowest BCUT2D eigenvalue weighted by molar-refractivity contribution is 0.0601. The molecule has 2 aromatic carbocycles. The molecule has 10 heteroatoms. The lowest BCUT2D eigenvalue weighted by atomic mass is 9.95. The molecular weight excluding hydrogens is 508 g/mol. The van der Waals surface area contributed by atoms with E-state index in [-0.39, 0.29) is 15.5 Å². The largest absolute Gasteiger partial charge is 0.465 e. The van der Waals surface area contributed by atoms with Crippen molar-refractivity contribution in [3.8, 4) is 0 Å². The van der Waals surface area contributed by atoms with Crippen molar-refractivity contribution in [2.24, 2.45) is 0 Å². The molecule has 0 spiro atoms.